The van der Waals surface area contributed by atoms with Crippen LogP contribution in [0, 0.1) is 5.92 Å². The molecule has 1 aliphatic heterocycles. The summed E-state index contributed by atoms with van der Waals surface area (Å²) in [6.07, 6.45) is 0.223. The molecular formula is C12H12Br2N2O2. The van der Waals surface area contributed by atoms with Crippen LogP contribution >= 0.6 is 31.9 Å². The molecule has 96 valence electrons. The Morgan fingerprint density at radius 3 is 2.78 bits per heavy atom. The van der Waals surface area contributed by atoms with Crippen LogP contribution in [-0.2, 0) is 16.1 Å². The Bertz CT molecular complexity index is 505. The van der Waals surface area contributed by atoms with Gasteiger partial charge in [0.05, 0.1) is 5.92 Å². The van der Waals surface area contributed by atoms with Gasteiger partial charge in [-0.25, -0.2) is 0 Å². The minimum atomic E-state index is -0.404. The van der Waals surface area contributed by atoms with E-state index in [1.54, 1.807) is 4.90 Å². The van der Waals surface area contributed by atoms with E-state index in [9.17, 15) is 9.59 Å². The predicted octanol–water partition coefficient (Wildman–Crippen LogP) is 2.05. The maximum Gasteiger partial charge on any atom is 0.223 e. The molecule has 1 aromatic carbocycles. The van der Waals surface area contributed by atoms with Gasteiger partial charge in [0, 0.05) is 28.5 Å². The molecule has 0 aliphatic carbocycles. The van der Waals surface area contributed by atoms with Crippen molar-refractivity contribution in [2.24, 2.45) is 11.7 Å². The number of carbonyl (C=O) groups excluding carboxylic acids is 2. The SMILES string of the molecule is NC(=O)C1CC(=O)N(Cc2cc(Br)ccc2Br)C1. The summed E-state index contributed by atoms with van der Waals surface area (Å²) in [4.78, 5) is 24.5. The largest absolute Gasteiger partial charge is 0.369 e. The number of amides is 2. The Balaban J connectivity index is 2.12. The van der Waals surface area contributed by atoms with E-state index in [4.69, 9.17) is 5.73 Å². The van der Waals surface area contributed by atoms with Crippen molar-refractivity contribution in [1.29, 1.82) is 0 Å². The van der Waals surface area contributed by atoms with Crippen molar-refractivity contribution < 1.29 is 9.59 Å². The van der Waals surface area contributed by atoms with Crippen LogP contribution in [0.25, 0.3) is 0 Å². The molecule has 1 aromatic rings. The summed E-state index contributed by atoms with van der Waals surface area (Å²) >= 11 is 6.85. The quantitative estimate of drug-likeness (QED) is 0.878. The van der Waals surface area contributed by atoms with Crippen LogP contribution in [0.3, 0.4) is 0 Å². The molecule has 1 saturated heterocycles. The lowest BCUT2D eigenvalue weighted by Crippen LogP contribution is -2.28. The highest BCUT2D eigenvalue weighted by Crippen LogP contribution is 2.26. The van der Waals surface area contributed by atoms with Gasteiger partial charge in [0.1, 0.15) is 0 Å². The second kappa shape index (κ2) is 5.40. The van der Waals surface area contributed by atoms with Crippen LogP contribution in [-0.4, -0.2) is 23.3 Å². The fourth-order valence-corrected chi connectivity index (χ4v) is 2.77. The lowest BCUT2D eigenvalue weighted by Gasteiger charge is -2.17. The standard InChI is InChI=1S/C12H12Br2N2O2/c13-9-1-2-10(14)7(3-9)5-16-6-8(12(15)18)4-11(16)17/h1-3,8H,4-6H2,(H2,15,18). The zero-order chi connectivity index (χ0) is 13.3. The first-order valence-electron chi connectivity index (χ1n) is 5.48. The summed E-state index contributed by atoms with van der Waals surface area (Å²) in [5.41, 5.74) is 6.24. The molecule has 2 amide bonds. The maximum atomic E-state index is 11.8. The zero-order valence-corrected chi connectivity index (χ0v) is 12.7. The lowest BCUT2D eigenvalue weighted by molar-refractivity contribution is -0.128. The minimum absolute atomic E-state index is 0.0225. The molecule has 1 heterocycles. The van der Waals surface area contributed by atoms with Crippen LogP contribution in [0.4, 0.5) is 0 Å². The topological polar surface area (TPSA) is 63.4 Å². The number of nitrogens with two attached hydrogens (primary N) is 1. The van der Waals surface area contributed by atoms with Crippen molar-refractivity contribution in [2.45, 2.75) is 13.0 Å². The number of primary amides is 1. The molecule has 2 rings (SSSR count). The van der Waals surface area contributed by atoms with Gasteiger partial charge in [0.2, 0.25) is 11.8 Å². The number of halogens is 2. The first-order valence-corrected chi connectivity index (χ1v) is 7.07. The summed E-state index contributed by atoms with van der Waals surface area (Å²) in [5.74, 6) is -0.784. The summed E-state index contributed by atoms with van der Waals surface area (Å²) in [6, 6.07) is 5.80. The summed E-state index contributed by atoms with van der Waals surface area (Å²) in [7, 11) is 0. The second-order valence-electron chi connectivity index (χ2n) is 4.31. The zero-order valence-electron chi connectivity index (χ0n) is 9.53. The van der Waals surface area contributed by atoms with Crippen LogP contribution in [0.1, 0.15) is 12.0 Å². The van der Waals surface area contributed by atoms with E-state index in [-0.39, 0.29) is 18.2 Å². The van der Waals surface area contributed by atoms with E-state index in [1.165, 1.54) is 0 Å². The predicted molar refractivity (Wildman–Crippen MR) is 74.6 cm³/mol. The number of benzene rings is 1. The number of hydrogen-bond acceptors (Lipinski definition) is 2. The number of rotatable bonds is 3. The second-order valence-corrected chi connectivity index (χ2v) is 6.08. The van der Waals surface area contributed by atoms with Gasteiger partial charge in [0.15, 0.2) is 0 Å². The third-order valence-corrected chi connectivity index (χ3v) is 4.25. The molecule has 1 unspecified atom stereocenters. The van der Waals surface area contributed by atoms with Gasteiger partial charge in [0.25, 0.3) is 0 Å². The number of likely N-dealkylation sites (tertiary alicyclic amines) is 1. The molecule has 0 saturated carbocycles. The molecule has 6 heteroatoms. The van der Waals surface area contributed by atoms with Gasteiger partial charge in [-0.1, -0.05) is 31.9 Å². The number of carbonyl (C=O) groups is 2. The van der Waals surface area contributed by atoms with Crippen molar-refractivity contribution in [3.8, 4) is 0 Å². The van der Waals surface area contributed by atoms with Gasteiger partial charge < -0.3 is 10.6 Å². The average molecular weight is 376 g/mol. The van der Waals surface area contributed by atoms with E-state index in [0.29, 0.717) is 13.1 Å². The van der Waals surface area contributed by atoms with Crippen LogP contribution in [0.2, 0.25) is 0 Å². The van der Waals surface area contributed by atoms with Crippen molar-refractivity contribution >= 4 is 43.7 Å². The van der Waals surface area contributed by atoms with Gasteiger partial charge >= 0.3 is 0 Å². The van der Waals surface area contributed by atoms with Gasteiger partial charge in [-0.3, -0.25) is 9.59 Å². The first-order chi connectivity index (χ1) is 8.47. The Morgan fingerprint density at radius 2 is 2.17 bits per heavy atom. The van der Waals surface area contributed by atoms with Crippen LogP contribution < -0.4 is 5.73 Å². The third kappa shape index (κ3) is 2.92. The highest BCUT2D eigenvalue weighted by Gasteiger charge is 2.33. The highest BCUT2D eigenvalue weighted by molar-refractivity contribution is 9.11. The monoisotopic (exact) mass is 374 g/mol. The number of hydrogen-bond donors (Lipinski definition) is 1. The molecule has 1 aliphatic rings. The fourth-order valence-electron chi connectivity index (χ4n) is 1.99. The van der Waals surface area contributed by atoms with Gasteiger partial charge in [-0.05, 0) is 23.8 Å². The molecular weight excluding hydrogens is 364 g/mol. The third-order valence-electron chi connectivity index (χ3n) is 2.99. The first kappa shape index (κ1) is 13.5. The van der Waals surface area contributed by atoms with Crippen molar-refractivity contribution in [3.63, 3.8) is 0 Å². The summed E-state index contributed by atoms with van der Waals surface area (Å²) < 4.78 is 1.90. The number of nitrogens with zero attached hydrogens (tertiary/aromatic N) is 1. The Kier molecular flexibility index (Phi) is 4.07. The Morgan fingerprint density at radius 1 is 1.44 bits per heavy atom. The van der Waals surface area contributed by atoms with E-state index < -0.39 is 5.91 Å². The fraction of sp³-hybridized carbons (Fsp3) is 0.333. The van der Waals surface area contributed by atoms with Crippen molar-refractivity contribution in [2.75, 3.05) is 6.54 Å². The Hall–Kier alpha value is -0.880. The molecule has 0 spiro atoms. The summed E-state index contributed by atoms with van der Waals surface area (Å²) in [5, 5.41) is 0. The van der Waals surface area contributed by atoms with E-state index in [1.807, 2.05) is 18.2 Å². The normalized spacial score (nSPS) is 19.3. The van der Waals surface area contributed by atoms with Crippen molar-refractivity contribution in [1.82, 2.24) is 4.90 Å². The Labute approximate surface area is 122 Å². The van der Waals surface area contributed by atoms with Crippen LogP contribution in [0.15, 0.2) is 27.1 Å². The molecule has 1 fully saturated rings. The van der Waals surface area contributed by atoms with E-state index >= 15 is 0 Å². The molecule has 1 atom stereocenters. The minimum Gasteiger partial charge on any atom is -0.369 e. The van der Waals surface area contributed by atoms with Gasteiger partial charge in [-0.15, -0.1) is 0 Å². The van der Waals surface area contributed by atoms with Crippen LogP contribution in [0.5, 0.6) is 0 Å². The van der Waals surface area contributed by atoms with Gasteiger partial charge in [-0.2, -0.15) is 0 Å². The molecule has 0 radical (unpaired) electrons. The summed E-state index contributed by atoms with van der Waals surface area (Å²) in [6.45, 7) is 0.899. The van der Waals surface area contributed by atoms with E-state index in [0.717, 1.165) is 14.5 Å². The molecule has 0 aromatic heterocycles. The average Bonchev–Trinajstić information content (AvgIpc) is 2.66. The molecule has 18 heavy (non-hydrogen) atoms. The van der Waals surface area contributed by atoms with Crippen molar-refractivity contribution in [3.05, 3.63) is 32.7 Å². The molecule has 4 nitrogen and oxygen atoms in total. The maximum absolute atomic E-state index is 11.8. The highest BCUT2D eigenvalue weighted by atomic mass is 79.9. The van der Waals surface area contributed by atoms with E-state index in [2.05, 4.69) is 31.9 Å². The molecule has 2 N–H and O–H groups in total. The molecule has 0 bridgehead atoms. The smallest absolute Gasteiger partial charge is 0.223 e. The lowest BCUT2D eigenvalue weighted by atomic mass is 10.1.